The van der Waals surface area contributed by atoms with E-state index in [1.54, 1.807) is 12.1 Å². The van der Waals surface area contributed by atoms with E-state index < -0.39 is 5.91 Å². The molecule has 0 aromatic heterocycles. The van der Waals surface area contributed by atoms with Crippen molar-refractivity contribution in [2.45, 2.75) is 27.3 Å². The van der Waals surface area contributed by atoms with Crippen LogP contribution < -0.4 is 16.4 Å². The third kappa shape index (κ3) is 7.89. The molecule has 0 saturated heterocycles. The number of rotatable bonds is 6. The molecule has 4 N–H and O–H groups in total. The summed E-state index contributed by atoms with van der Waals surface area (Å²) in [6, 6.07) is 7.19. The maximum absolute atomic E-state index is 11.0. The summed E-state index contributed by atoms with van der Waals surface area (Å²) in [6.07, 6.45) is 0. The van der Waals surface area contributed by atoms with Gasteiger partial charge in [0.25, 0.3) is 0 Å². The maximum atomic E-state index is 11.0. The van der Waals surface area contributed by atoms with Gasteiger partial charge in [-0.15, -0.1) is 24.0 Å². The average molecular weight is 404 g/mol. The van der Waals surface area contributed by atoms with E-state index >= 15 is 0 Å². The number of primary amides is 1. The van der Waals surface area contributed by atoms with Crippen molar-refractivity contribution < 1.29 is 4.79 Å². The van der Waals surface area contributed by atoms with Crippen LogP contribution in [0.4, 0.5) is 0 Å². The van der Waals surface area contributed by atoms with Crippen molar-refractivity contribution in [1.29, 1.82) is 0 Å². The minimum absolute atomic E-state index is 0. The van der Waals surface area contributed by atoms with Crippen LogP contribution in [0, 0.1) is 5.92 Å². The molecule has 5 nitrogen and oxygen atoms in total. The molecular formula is C15H25IN4O. The van der Waals surface area contributed by atoms with Crippen LogP contribution in [0.2, 0.25) is 0 Å². The lowest BCUT2D eigenvalue weighted by Crippen LogP contribution is -2.39. The Hall–Kier alpha value is -1.31. The highest BCUT2D eigenvalue weighted by Gasteiger charge is 2.01. The number of amides is 1. The van der Waals surface area contributed by atoms with Crippen molar-refractivity contribution in [1.82, 2.24) is 10.6 Å². The van der Waals surface area contributed by atoms with E-state index in [9.17, 15) is 4.79 Å². The number of nitrogens with two attached hydrogens (primary N) is 1. The van der Waals surface area contributed by atoms with E-state index in [4.69, 9.17) is 5.73 Å². The molecule has 1 aromatic rings. The van der Waals surface area contributed by atoms with Crippen LogP contribution in [0.1, 0.15) is 36.7 Å². The zero-order chi connectivity index (χ0) is 15.0. The van der Waals surface area contributed by atoms with Gasteiger partial charge >= 0.3 is 0 Å². The highest BCUT2D eigenvalue weighted by Crippen LogP contribution is 2.05. The number of hydrogen-bond acceptors (Lipinski definition) is 2. The first-order valence-electron chi connectivity index (χ1n) is 6.93. The van der Waals surface area contributed by atoms with Crippen molar-refractivity contribution in [3.8, 4) is 0 Å². The van der Waals surface area contributed by atoms with Gasteiger partial charge in [-0.05, 0) is 30.5 Å². The van der Waals surface area contributed by atoms with Crippen molar-refractivity contribution >= 4 is 35.8 Å². The normalized spacial score (nSPS) is 11.0. The average Bonchev–Trinajstić information content (AvgIpc) is 2.42. The molecule has 0 heterocycles. The van der Waals surface area contributed by atoms with Gasteiger partial charge < -0.3 is 16.4 Å². The summed E-state index contributed by atoms with van der Waals surface area (Å²) in [5, 5.41) is 6.49. The Morgan fingerprint density at radius 3 is 2.33 bits per heavy atom. The molecule has 0 saturated carbocycles. The fraction of sp³-hybridized carbons (Fsp3) is 0.467. The molecule has 0 atom stereocenters. The van der Waals surface area contributed by atoms with Gasteiger partial charge in [-0.3, -0.25) is 4.79 Å². The van der Waals surface area contributed by atoms with Gasteiger partial charge in [-0.1, -0.05) is 26.0 Å². The van der Waals surface area contributed by atoms with E-state index in [0.717, 1.165) is 24.6 Å². The standard InChI is InChI=1S/C15H24N4O.HI/c1-4-17-15(18-9-11(2)3)19-10-12-5-7-13(8-6-12)14(16)20;/h5-8,11H,4,9-10H2,1-3H3,(H2,16,20)(H2,17,18,19);1H. The quantitative estimate of drug-likeness (QED) is 0.386. The molecule has 0 aliphatic rings. The minimum Gasteiger partial charge on any atom is -0.366 e. The number of carbonyl (C=O) groups excluding carboxylic acids is 1. The SMILES string of the molecule is CCNC(=NCc1ccc(C(N)=O)cc1)NCC(C)C.I. The Balaban J connectivity index is 0.00000400. The molecule has 0 radical (unpaired) electrons. The first kappa shape index (κ1) is 19.7. The second-order valence-corrected chi connectivity index (χ2v) is 5.03. The lowest BCUT2D eigenvalue weighted by molar-refractivity contribution is 0.100. The molecule has 118 valence electrons. The van der Waals surface area contributed by atoms with Crippen LogP contribution in [0.25, 0.3) is 0 Å². The van der Waals surface area contributed by atoms with Crippen LogP contribution in [-0.4, -0.2) is 25.0 Å². The molecule has 0 unspecified atom stereocenters. The van der Waals surface area contributed by atoms with Crippen LogP contribution in [0.15, 0.2) is 29.3 Å². The molecule has 0 aliphatic heterocycles. The van der Waals surface area contributed by atoms with Crippen LogP contribution >= 0.6 is 24.0 Å². The third-order valence-electron chi connectivity index (χ3n) is 2.68. The number of aliphatic imine (C=N–C) groups is 1. The van der Waals surface area contributed by atoms with E-state index in [2.05, 4.69) is 29.5 Å². The predicted molar refractivity (Wildman–Crippen MR) is 98.0 cm³/mol. The minimum atomic E-state index is -0.410. The van der Waals surface area contributed by atoms with Gasteiger partial charge in [0.2, 0.25) is 5.91 Å². The summed E-state index contributed by atoms with van der Waals surface area (Å²) in [4.78, 5) is 15.5. The molecule has 0 bridgehead atoms. The zero-order valence-electron chi connectivity index (χ0n) is 12.8. The fourth-order valence-electron chi connectivity index (χ4n) is 1.59. The topological polar surface area (TPSA) is 79.5 Å². The smallest absolute Gasteiger partial charge is 0.248 e. The van der Waals surface area contributed by atoms with Crippen molar-refractivity contribution in [3.63, 3.8) is 0 Å². The van der Waals surface area contributed by atoms with Crippen molar-refractivity contribution in [3.05, 3.63) is 35.4 Å². The first-order valence-corrected chi connectivity index (χ1v) is 6.93. The van der Waals surface area contributed by atoms with Gasteiger partial charge in [-0.2, -0.15) is 0 Å². The molecule has 0 spiro atoms. The second kappa shape index (κ2) is 10.4. The van der Waals surface area contributed by atoms with Crippen molar-refractivity contribution in [2.75, 3.05) is 13.1 Å². The molecule has 1 aromatic carbocycles. The monoisotopic (exact) mass is 404 g/mol. The van der Waals surface area contributed by atoms with Gasteiger partial charge in [0.05, 0.1) is 6.54 Å². The van der Waals surface area contributed by atoms with E-state index in [1.807, 2.05) is 19.1 Å². The van der Waals surface area contributed by atoms with Crippen LogP contribution in [-0.2, 0) is 6.54 Å². The Morgan fingerprint density at radius 1 is 1.24 bits per heavy atom. The summed E-state index contributed by atoms with van der Waals surface area (Å²) in [5.74, 6) is 0.959. The molecule has 0 fully saturated rings. The molecule has 1 amide bonds. The second-order valence-electron chi connectivity index (χ2n) is 5.03. The van der Waals surface area contributed by atoms with E-state index in [-0.39, 0.29) is 24.0 Å². The number of guanidine groups is 1. The predicted octanol–water partition coefficient (Wildman–Crippen LogP) is 2.11. The highest BCUT2D eigenvalue weighted by molar-refractivity contribution is 14.0. The number of halogens is 1. The number of nitrogens with one attached hydrogen (secondary N) is 2. The lowest BCUT2D eigenvalue weighted by atomic mass is 10.1. The van der Waals surface area contributed by atoms with Crippen LogP contribution in [0.5, 0.6) is 0 Å². The summed E-state index contributed by atoms with van der Waals surface area (Å²) in [7, 11) is 0. The van der Waals surface area contributed by atoms with Gasteiger partial charge in [0, 0.05) is 18.7 Å². The Labute approximate surface area is 143 Å². The molecule has 6 heteroatoms. The molecular weight excluding hydrogens is 379 g/mol. The highest BCUT2D eigenvalue weighted by atomic mass is 127. The molecule has 21 heavy (non-hydrogen) atoms. The zero-order valence-corrected chi connectivity index (χ0v) is 15.2. The number of carbonyl (C=O) groups is 1. The largest absolute Gasteiger partial charge is 0.366 e. The summed E-state index contributed by atoms with van der Waals surface area (Å²) in [5.41, 5.74) is 6.76. The van der Waals surface area contributed by atoms with Gasteiger partial charge in [-0.25, -0.2) is 4.99 Å². The summed E-state index contributed by atoms with van der Waals surface area (Å²) >= 11 is 0. The number of nitrogens with zero attached hydrogens (tertiary/aromatic N) is 1. The Bertz CT molecular complexity index is 457. The number of benzene rings is 1. The fourth-order valence-corrected chi connectivity index (χ4v) is 1.59. The Kier molecular flexibility index (Phi) is 9.77. The first-order chi connectivity index (χ1) is 9.52. The van der Waals surface area contributed by atoms with E-state index in [0.29, 0.717) is 18.0 Å². The lowest BCUT2D eigenvalue weighted by Gasteiger charge is -2.12. The summed E-state index contributed by atoms with van der Waals surface area (Å²) < 4.78 is 0. The summed E-state index contributed by atoms with van der Waals surface area (Å²) in [6.45, 7) is 8.61. The van der Waals surface area contributed by atoms with Crippen molar-refractivity contribution in [2.24, 2.45) is 16.6 Å². The van der Waals surface area contributed by atoms with E-state index in [1.165, 1.54) is 0 Å². The number of hydrogen-bond donors (Lipinski definition) is 3. The molecule has 1 rings (SSSR count). The Morgan fingerprint density at radius 2 is 1.86 bits per heavy atom. The maximum Gasteiger partial charge on any atom is 0.248 e. The van der Waals surface area contributed by atoms with Gasteiger partial charge in [0.1, 0.15) is 0 Å². The van der Waals surface area contributed by atoms with Gasteiger partial charge in [0.15, 0.2) is 5.96 Å². The molecule has 0 aliphatic carbocycles. The third-order valence-corrected chi connectivity index (χ3v) is 2.68. The van der Waals surface area contributed by atoms with Crippen LogP contribution in [0.3, 0.4) is 0 Å².